The molecule has 4 heteroatoms. The van der Waals surface area contributed by atoms with Crippen LogP contribution in [0.2, 0.25) is 0 Å². The minimum Gasteiger partial charge on any atom is -0.481 e. The van der Waals surface area contributed by atoms with Crippen LogP contribution in [0.4, 0.5) is 0 Å². The van der Waals surface area contributed by atoms with Crippen molar-refractivity contribution in [3.8, 4) is 0 Å². The average Bonchev–Trinajstić information content (AvgIpc) is 2.79. The fraction of sp³-hybridized carbons (Fsp3) is 0.875. The van der Waals surface area contributed by atoms with Crippen LogP contribution < -0.4 is 5.73 Å². The molecule has 1 saturated carbocycles. The molecule has 1 aliphatic carbocycles. The first-order valence-electron chi connectivity index (χ1n) is 4.40. The van der Waals surface area contributed by atoms with Crippen LogP contribution in [0.3, 0.4) is 0 Å². The van der Waals surface area contributed by atoms with E-state index in [0.29, 0.717) is 19.1 Å². The minimum atomic E-state index is -0.724. The van der Waals surface area contributed by atoms with E-state index in [0.717, 1.165) is 6.54 Å². The summed E-state index contributed by atoms with van der Waals surface area (Å²) in [5.74, 6) is -0.724. The van der Waals surface area contributed by atoms with Crippen molar-refractivity contribution in [2.75, 3.05) is 19.6 Å². The molecule has 0 saturated heterocycles. The highest BCUT2D eigenvalue weighted by Gasteiger charge is 2.28. The zero-order valence-electron chi connectivity index (χ0n) is 7.20. The number of rotatable bonds is 6. The van der Waals surface area contributed by atoms with Crippen LogP contribution in [-0.2, 0) is 4.79 Å². The van der Waals surface area contributed by atoms with Gasteiger partial charge in [-0.25, -0.2) is 0 Å². The molecular formula is C8H16N2O2. The number of nitrogens with two attached hydrogens (primary N) is 1. The molecule has 0 aromatic heterocycles. The Hall–Kier alpha value is -0.610. The summed E-state index contributed by atoms with van der Waals surface area (Å²) in [4.78, 5) is 12.5. The van der Waals surface area contributed by atoms with E-state index in [1.54, 1.807) is 0 Å². The maximum Gasteiger partial charge on any atom is 0.304 e. The molecule has 0 amide bonds. The summed E-state index contributed by atoms with van der Waals surface area (Å²) in [5.41, 5.74) is 5.41. The molecule has 3 N–H and O–H groups in total. The molecule has 0 aromatic carbocycles. The van der Waals surface area contributed by atoms with Crippen molar-refractivity contribution in [1.29, 1.82) is 0 Å². The molecule has 0 unspecified atom stereocenters. The Kier molecular flexibility index (Phi) is 3.49. The van der Waals surface area contributed by atoms with E-state index in [1.165, 1.54) is 12.8 Å². The number of hydrogen-bond donors (Lipinski definition) is 2. The van der Waals surface area contributed by atoms with Gasteiger partial charge in [-0.3, -0.25) is 9.69 Å². The maximum atomic E-state index is 10.3. The fourth-order valence-corrected chi connectivity index (χ4v) is 1.32. The second-order valence-corrected chi connectivity index (χ2v) is 3.20. The quantitative estimate of drug-likeness (QED) is 0.586. The van der Waals surface area contributed by atoms with E-state index in [1.807, 2.05) is 0 Å². The molecule has 0 radical (unpaired) electrons. The van der Waals surface area contributed by atoms with Gasteiger partial charge in [0.1, 0.15) is 0 Å². The number of nitrogens with zero attached hydrogens (tertiary/aromatic N) is 1. The van der Waals surface area contributed by atoms with Crippen LogP contribution in [0.25, 0.3) is 0 Å². The molecule has 1 aliphatic rings. The van der Waals surface area contributed by atoms with Gasteiger partial charge >= 0.3 is 5.97 Å². The zero-order chi connectivity index (χ0) is 8.97. The third-order valence-electron chi connectivity index (χ3n) is 2.09. The molecule has 0 aromatic rings. The number of carboxylic acids is 1. The molecule has 0 bridgehead atoms. The van der Waals surface area contributed by atoms with E-state index < -0.39 is 5.97 Å². The van der Waals surface area contributed by atoms with Crippen molar-refractivity contribution in [2.24, 2.45) is 5.73 Å². The summed E-state index contributed by atoms with van der Waals surface area (Å²) in [6, 6.07) is 0.618. The first-order chi connectivity index (χ1) is 5.74. The summed E-state index contributed by atoms with van der Waals surface area (Å²) in [6.07, 6.45) is 2.65. The van der Waals surface area contributed by atoms with Crippen molar-refractivity contribution < 1.29 is 9.90 Å². The molecule has 4 nitrogen and oxygen atoms in total. The second kappa shape index (κ2) is 4.42. The summed E-state index contributed by atoms with van der Waals surface area (Å²) in [5, 5.41) is 8.47. The van der Waals surface area contributed by atoms with Gasteiger partial charge in [-0.05, 0) is 12.8 Å². The zero-order valence-corrected chi connectivity index (χ0v) is 7.20. The van der Waals surface area contributed by atoms with Crippen molar-refractivity contribution >= 4 is 5.97 Å². The summed E-state index contributed by atoms with van der Waals surface area (Å²) < 4.78 is 0. The van der Waals surface area contributed by atoms with Gasteiger partial charge in [0.15, 0.2) is 0 Å². The van der Waals surface area contributed by atoms with E-state index in [-0.39, 0.29) is 6.42 Å². The lowest BCUT2D eigenvalue weighted by Crippen LogP contribution is -2.33. The van der Waals surface area contributed by atoms with Gasteiger partial charge in [-0.2, -0.15) is 0 Å². The standard InChI is InChI=1S/C8H16N2O2/c9-4-6-10(7-1-2-7)5-3-8(11)12/h7H,1-6,9H2,(H,11,12). The van der Waals surface area contributed by atoms with Crippen LogP contribution in [0.1, 0.15) is 19.3 Å². The minimum absolute atomic E-state index is 0.233. The third-order valence-corrected chi connectivity index (χ3v) is 2.09. The van der Waals surface area contributed by atoms with Crippen LogP contribution >= 0.6 is 0 Å². The van der Waals surface area contributed by atoms with Crippen molar-refractivity contribution in [2.45, 2.75) is 25.3 Å². The van der Waals surface area contributed by atoms with Gasteiger partial charge in [-0.1, -0.05) is 0 Å². The van der Waals surface area contributed by atoms with Gasteiger partial charge in [0, 0.05) is 25.7 Å². The van der Waals surface area contributed by atoms with Crippen LogP contribution in [0.5, 0.6) is 0 Å². The van der Waals surface area contributed by atoms with Crippen LogP contribution in [0, 0.1) is 0 Å². The number of aliphatic carboxylic acids is 1. The largest absolute Gasteiger partial charge is 0.481 e. The highest BCUT2D eigenvalue weighted by Crippen LogP contribution is 2.26. The molecule has 1 fully saturated rings. The number of carboxylic acid groups (broad SMARTS) is 1. The van der Waals surface area contributed by atoms with E-state index >= 15 is 0 Å². The lowest BCUT2D eigenvalue weighted by Gasteiger charge is -2.19. The normalized spacial score (nSPS) is 16.8. The summed E-state index contributed by atoms with van der Waals surface area (Å²) in [7, 11) is 0. The second-order valence-electron chi connectivity index (χ2n) is 3.20. The van der Waals surface area contributed by atoms with Crippen molar-refractivity contribution in [3.05, 3.63) is 0 Å². The molecule has 0 heterocycles. The molecule has 70 valence electrons. The summed E-state index contributed by atoms with van der Waals surface area (Å²) in [6.45, 7) is 2.10. The molecule has 12 heavy (non-hydrogen) atoms. The Morgan fingerprint density at radius 1 is 1.50 bits per heavy atom. The van der Waals surface area contributed by atoms with E-state index in [9.17, 15) is 4.79 Å². The van der Waals surface area contributed by atoms with E-state index in [4.69, 9.17) is 10.8 Å². The highest BCUT2D eigenvalue weighted by molar-refractivity contribution is 5.66. The van der Waals surface area contributed by atoms with Crippen molar-refractivity contribution in [1.82, 2.24) is 4.90 Å². The Balaban J connectivity index is 2.18. The molecular weight excluding hydrogens is 156 g/mol. The van der Waals surface area contributed by atoms with Gasteiger partial charge in [0.05, 0.1) is 6.42 Å². The topological polar surface area (TPSA) is 66.6 Å². The van der Waals surface area contributed by atoms with E-state index in [2.05, 4.69) is 4.90 Å². The predicted molar refractivity (Wildman–Crippen MR) is 45.9 cm³/mol. The SMILES string of the molecule is NCCN(CCC(=O)O)C1CC1. The van der Waals surface area contributed by atoms with Crippen LogP contribution in [0.15, 0.2) is 0 Å². The van der Waals surface area contributed by atoms with Gasteiger partial charge < -0.3 is 10.8 Å². The third kappa shape index (κ3) is 3.19. The molecule has 0 atom stereocenters. The predicted octanol–water partition coefficient (Wildman–Crippen LogP) is -0.116. The fourth-order valence-electron chi connectivity index (χ4n) is 1.32. The monoisotopic (exact) mass is 172 g/mol. The number of hydrogen-bond acceptors (Lipinski definition) is 3. The van der Waals surface area contributed by atoms with Crippen LogP contribution in [-0.4, -0.2) is 41.7 Å². The average molecular weight is 172 g/mol. The Morgan fingerprint density at radius 2 is 2.17 bits per heavy atom. The molecule has 0 spiro atoms. The molecule has 1 rings (SSSR count). The lowest BCUT2D eigenvalue weighted by atomic mass is 10.3. The Morgan fingerprint density at radius 3 is 2.58 bits per heavy atom. The summed E-state index contributed by atoms with van der Waals surface area (Å²) >= 11 is 0. The van der Waals surface area contributed by atoms with Gasteiger partial charge in [0.25, 0.3) is 0 Å². The lowest BCUT2D eigenvalue weighted by molar-refractivity contribution is -0.137. The van der Waals surface area contributed by atoms with Crippen molar-refractivity contribution in [3.63, 3.8) is 0 Å². The first-order valence-corrected chi connectivity index (χ1v) is 4.40. The Labute approximate surface area is 72.3 Å². The maximum absolute atomic E-state index is 10.3. The first kappa shape index (κ1) is 9.48. The van der Waals surface area contributed by atoms with Gasteiger partial charge in [-0.15, -0.1) is 0 Å². The number of carbonyl (C=O) groups is 1. The Bertz CT molecular complexity index is 157. The smallest absolute Gasteiger partial charge is 0.304 e. The molecule has 0 aliphatic heterocycles. The van der Waals surface area contributed by atoms with Gasteiger partial charge in [0.2, 0.25) is 0 Å². The highest BCUT2D eigenvalue weighted by atomic mass is 16.4.